The lowest BCUT2D eigenvalue weighted by Gasteiger charge is -2.04. The lowest BCUT2D eigenvalue weighted by atomic mass is 10.2. The largest absolute Gasteiger partial charge is 0.449 e. The van der Waals surface area contributed by atoms with Crippen LogP contribution in [0.4, 0.5) is 0 Å². The van der Waals surface area contributed by atoms with Crippen LogP contribution < -0.4 is 10.9 Å². The van der Waals surface area contributed by atoms with E-state index in [0.29, 0.717) is 32.6 Å². The smallest absolute Gasteiger partial charge is 0.225 e. The fourth-order valence-electron chi connectivity index (χ4n) is 2.98. The molecule has 8 heteroatoms. The van der Waals surface area contributed by atoms with Crippen molar-refractivity contribution in [1.29, 1.82) is 0 Å². The summed E-state index contributed by atoms with van der Waals surface area (Å²) in [7, 11) is -3.51. The first-order valence-corrected chi connectivity index (χ1v) is 12.1. The van der Waals surface area contributed by atoms with E-state index >= 15 is 0 Å². The molecule has 0 aliphatic rings. The van der Waals surface area contributed by atoms with Gasteiger partial charge in [0.2, 0.25) is 14.9 Å². The number of fused-ring (bicyclic) bond motifs is 2. The molecule has 0 fully saturated rings. The molecular weight excluding hydrogens is 424 g/mol. The van der Waals surface area contributed by atoms with Crippen molar-refractivity contribution >= 4 is 43.5 Å². The first-order valence-electron chi connectivity index (χ1n) is 8.94. The van der Waals surface area contributed by atoms with Gasteiger partial charge in [0.1, 0.15) is 11.2 Å². The molecule has 0 spiro atoms. The van der Waals surface area contributed by atoms with E-state index in [2.05, 4.69) is 0 Å². The molecule has 0 atom stereocenters. The molecule has 2 aromatic carbocycles. The summed E-state index contributed by atoms with van der Waals surface area (Å²) >= 11 is 1.46. The fraction of sp³-hybridized carbons (Fsp3) is 0.182. The monoisotopic (exact) mass is 444 g/mol. The third-order valence-electron chi connectivity index (χ3n) is 4.48. The van der Waals surface area contributed by atoms with E-state index in [1.807, 2.05) is 24.5 Å². The SMILES string of the molecule is CSc1oc2ccccc2c(=O)c1C.Cc1c(S(C)(=O)=O)oc2ccccc2c1=O. The second-order valence-electron chi connectivity index (χ2n) is 6.66. The number of hydrogen-bond donors (Lipinski definition) is 0. The van der Waals surface area contributed by atoms with E-state index in [1.165, 1.54) is 18.7 Å². The van der Waals surface area contributed by atoms with Crippen molar-refractivity contribution in [1.82, 2.24) is 0 Å². The number of benzene rings is 2. The van der Waals surface area contributed by atoms with Gasteiger partial charge in [0.25, 0.3) is 0 Å². The molecule has 156 valence electrons. The summed E-state index contributed by atoms with van der Waals surface area (Å²) in [6, 6.07) is 13.9. The maximum absolute atomic E-state index is 11.9. The predicted octanol–water partition coefficient (Wildman–Crippen LogP) is 4.33. The summed E-state index contributed by atoms with van der Waals surface area (Å²) in [5, 5.41) is 1.50. The molecule has 0 bridgehead atoms. The van der Waals surface area contributed by atoms with Crippen LogP contribution in [0.1, 0.15) is 11.1 Å². The highest BCUT2D eigenvalue weighted by Gasteiger charge is 2.18. The Balaban J connectivity index is 0.000000172. The van der Waals surface area contributed by atoms with Crippen molar-refractivity contribution in [2.24, 2.45) is 0 Å². The highest BCUT2D eigenvalue weighted by atomic mass is 32.2. The maximum Gasteiger partial charge on any atom is 0.225 e. The summed E-state index contributed by atoms with van der Waals surface area (Å²) < 4.78 is 33.7. The van der Waals surface area contributed by atoms with Crippen LogP contribution in [0.3, 0.4) is 0 Å². The summed E-state index contributed by atoms with van der Waals surface area (Å²) in [5.41, 5.74) is 1.53. The van der Waals surface area contributed by atoms with Gasteiger partial charge < -0.3 is 8.83 Å². The van der Waals surface area contributed by atoms with Crippen LogP contribution in [0.15, 0.2) is 77.1 Å². The first kappa shape index (κ1) is 21.9. The Morgan fingerprint density at radius 1 is 0.767 bits per heavy atom. The topological polar surface area (TPSA) is 94.6 Å². The standard InChI is InChI=1S/C11H10O4S.C11H10O2S/c1-7-10(12)8-5-3-4-6-9(8)15-11(7)16(2,13)14;1-7-10(12)8-5-3-4-6-9(8)13-11(7)14-2/h3-6H,1-2H3;3-6H,1-2H3. The maximum atomic E-state index is 11.9. The van der Waals surface area contributed by atoms with Gasteiger partial charge in [-0.3, -0.25) is 9.59 Å². The van der Waals surface area contributed by atoms with Crippen molar-refractivity contribution in [2.45, 2.75) is 24.0 Å². The number of para-hydroxylation sites is 2. The number of thioether (sulfide) groups is 1. The Morgan fingerprint density at radius 3 is 1.73 bits per heavy atom. The Kier molecular flexibility index (Phi) is 6.19. The zero-order valence-corrected chi connectivity index (χ0v) is 18.5. The van der Waals surface area contributed by atoms with E-state index in [0.717, 1.165) is 6.26 Å². The van der Waals surface area contributed by atoms with Gasteiger partial charge in [-0.2, -0.15) is 0 Å². The van der Waals surface area contributed by atoms with Gasteiger partial charge in [-0.25, -0.2) is 8.42 Å². The van der Waals surface area contributed by atoms with Gasteiger partial charge in [0.15, 0.2) is 15.9 Å². The molecule has 0 unspecified atom stereocenters. The van der Waals surface area contributed by atoms with Crippen LogP contribution in [0, 0.1) is 13.8 Å². The molecule has 6 nitrogen and oxygen atoms in total. The molecule has 0 amide bonds. The molecule has 0 radical (unpaired) electrons. The normalized spacial score (nSPS) is 11.3. The quantitative estimate of drug-likeness (QED) is 0.425. The predicted molar refractivity (Wildman–Crippen MR) is 119 cm³/mol. The third-order valence-corrected chi connectivity index (χ3v) is 6.31. The van der Waals surface area contributed by atoms with Gasteiger partial charge >= 0.3 is 0 Å². The lowest BCUT2D eigenvalue weighted by Crippen LogP contribution is -2.12. The molecule has 0 N–H and O–H groups in total. The molecule has 0 aliphatic heterocycles. The van der Waals surface area contributed by atoms with Crippen molar-refractivity contribution in [3.05, 3.63) is 80.1 Å². The van der Waals surface area contributed by atoms with E-state index < -0.39 is 9.84 Å². The van der Waals surface area contributed by atoms with E-state index in [1.54, 1.807) is 37.3 Å². The summed E-state index contributed by atoms with van der Waals surface area (Å²) in [5.74, 6) is 0. The molecule has 2 aromatic heterocycles. The average molecular weight is 445 g/mol. The summed E-state index contributed by atoms with van der Waals surface area (Å²) in [6.45, 7) is 3.25. The van der Waals surface area contributed by atoms with Crippen LogP contribution in [-0.2, 0) is 9.84 Å². The van der Waals surface area contributed by atoms with E-state index in [9.17, 15) is 18.0 Å². The second-order valence-corrected chi connectivity index (χ2v) is 9.35. The third kappa shape index (κ3) is 4.20. The van der Waals surface area contributed by atoms with Crippen LogP contribution in [0.5, 0.6) is 0 Å². The molecule has 0 aliphatic carbocycles. The molecule has 2 heterocycles. The minimum absolute atomic E-state index is 0.0659. The van der Waals surface area contributed by atoms with Crippen LogP contribution >= 0.6 is 11.8 Å². The summed E-state index contributed by atoms with van der Waals surface area (Å²) in [6.07, 6.45) is 2.92. The highest BCUT2D eigenvalue weighted by Crippen LogP contribution is 2.22. The Bertz CT molecular complexity index is 1460. The number of sulfone groups is 1. The van der Waals surface area contributed by atoms with Crippen molar-refractivity contribution in [3.63, 3.8) is 0 Å². The van der Waals surface area contributed by atoms with Crippen LogP contribution in [0.2, 0.25) is 0 Å². The number of rotatable bonds is 2. The fourth-order valence-corrected chi connectivity index (χ4v) is 4.44. The van der Waals surface area contributed by atoms with Crippen LogP contribution in [0.25, 0.3) is 21.9 Å². The van der Waals surface area contributed by atoms with Gasteiger partial charge in [-0.05, 0) is 44.4 Å². The van der Waals surface area contributed by atoms with Gasteiger partial charge in [0.05, 0.1) is 16.3 Å². The molecule has 4 rings (SSSR count). The molecular formula is C22H20O6S2. The van der Waals surface area contributed by atoms with Crippen LogP contribution in [-0.4, -0.2) is 20.9 Å². The summed E-state index contributed by atoms with van der Waals surface area (Å²) in [4.78, 5) is 23.7. The average Bonchev–Trinajstić information content (AvgIpc) is 2.73. The van der Waals surface area contributed by atoms with Gasteiger partial charge in [0, 0.05) is 11.8 Å². The van der Waals surface area contributed by atoms with Crippen molar-refractivity contribution < 1.29 is 17.3 Å². The zero-order chi connectivity index (χ0) is 22.1. The number of hydrogen-bond acceptors (Lipinski definition) is 7. The Morgan fingerprint density at radius 2 is 1.23 bits per heavy atom. The van der Waals surface area contributed by atoms with Crippen molar-refractivity contribution in [2.75, 3.05) is 12.5 Å². The lowest BCUT2D eigenvalue weighted by molar-refractivity contribution is 0.465. The second kappa shape index (κ2) is 8.49. The van der Waals surface area contributed by atoms with Gasteiger partial charge in [-0.1, -0.05) is 36.0 Å². The first-order chi connectivity index (χ1) is 14.1. The molecule has 4 aromatic rings. The van der Waals surface area contributed by atoms with Gasteiger partial charge in [-0.15, -0.1) is 0 Å². The Labute approximate surface area is 177 Å². The van der Waals surface area contributed by atoms with E-state index in [4.69, 9.17) is 8.83 Å². The Hall–Kier alpha value is -2.84. The highest BCUT2D eigenvalue weighted by molar-refractivity contribution is 7.98. The molecule has 30 heavy (non-hydrogen) atoms. The zero-order valence-electron chi connectivity index (χ0n) is 16.9. The minimum Gasteiger partial charge on any atom is -0.449 e. The molecule has 0 saturated carbocycles. The van der Waals surface area contributed by atoms with Crippen molar-refractivity contribution in [3.8, 4) is 0 Å². The molecule has 0 saturated heterocycles. The minimum atomic E-state index is -3.51. The van der Waals surface area contributed by atoms with E-state index in [-0.39, 0.29) is 21.5 Å².